The van der Waals surface area contributed by atoms with Gasteiger partial charge in [-0.3, -0.25) is 4.79 Å². The highest BCUT2D eigenvalue weighted by Crippen LogP contribution is 2.16. The fraction of sp³-hybridized carbons (Fsp3) is 0.467. The Morgan fingerprint density at radius 2 is 1.70 bits per heavy atom. The molecule has 4 nitrogen and oxygen atoms in total. The van der Waals surface area contributed by atoms with E-state index in [2.05, 4.69) is 0 Å². The molecule has 0 radical (unpaired) electrons. The van der Waals surface area contributed by atoms with Crippen LogP contribution in [0.1, 0.15) is 38.1 Å². The molecule has 0 aromatic heterocycles. The molecule has 0 atom stereocenters. The maximum Gasteiger partial charge on any atom is 0.340 e. The predicted molar refractivity (Wildman–Crippen MR) is 78.9 cm³/mol. The summed E-state index contributed by atoms with van der Waals surface area (Å²) in [7, 11) is 0. The normalized spacial score (nSPS) is 10.8. The molecule has 0 bridgehead atoms. The van der Waals surface area contributed by atoms with Gasteiger partial charge in [-0.2, -0.15) is 0 Å². The molecule has 0 aliphatic heterocycles. The SMILES string of the molecule is CC(C)N(C(=O)COC(=O)c1ccccc1Cl)C(C)C. The molecule has 1 rings (SSSR count). The highest BCUT2D eigenvalue weighted by Gasteiger charge is 2.22. The van der Waals surface area contributed by atoms with Crippen molar-refractivity contribution in [3.05, 3.63) is 34.9 Å². The largest absolute Gasteiger partial charge is 0.452 e. The summed E-state index contributed by atoms with van der Waals surface area (Å²) in [5, 5.41) is 0.314. The maximum atomic E-state index is 12.1. The number of halogens is 1. The summed E-state index contributed by atoms with van der Waals surface area (Å²) in [6.45, 7) is 7.42. The number of benzene rings is 1. The molecule has 0 aliphatic carbocycles. The van der Waals surface area contributed by atoms with Crippen LogP contribution in [-0.4, -0.2) is 35.5 Å². The lowest BCUT2D eigenvalue weighted by molar-refractivity contribution is -0.138. The van der Waals surface area contributed by atoms with Crippen LogP contribution in [0.5, 0.6) is 0 Å². The van der Waals surface area contributed by atoms with Gasteiger partial charge in [-0.15, -0.1) is 0 Å². The monoisotopic (exact) mass is 297 g/mol. The fourth-order valence-electron chi connectivity index (χ4n) is 2.08. The van der Waals surface area contributed by atoms with Crippen molar-refractivity contribution in [3.8, 4) is 0 Å². The zero-order chi connectivity index (χ0) is 15.3. The van der Waals surface area contributed by atoms with Crippen molar-refractivity contribution < 1.29 is 14.3 Å². The maximum absolute atomic E-state index is 12.1. The topological polar surface area (TPSA) is 46.6 Å². The lowest BCUT2D eigenvalue weighted by Crippen LogP contribution is -2.44. The summed E-state index contributed by atoms with van der Waals surface area (Å²) >= 11 is 5.90. The Bertz CT molecular complexity index is 478. The van der Waals surface area contributed by atoms with E-state index in [4.69, 9.17) is 16.3 Å². The molecule has 1 amide bonds. The first kappa shape index (κ1) is 16.5. The summed E-state index contributed by atoms with van der Waals surface area (Å²) in [5.41, 5.74) is 0.266. The van der Waals surface area contributed by atoms with Gasteiger partial charge in [0.1, 0.15) is 0 Å². The molecule has 1 aromatic rings. The number of nitrogens with zero attached hydrogens (tertiary/aromatic N) is 1. The zero-order valence-corrected chi connectivity index (χ0v) is 13.0. The van der Waals surface area contributed by atoms with Crippen LogP contribution in [0.3, 0.4) is 0 Å². The van der Waals surface area contributed by atoms with Gasteiger partial charge in [0.2, 0.25) is 0 Å². The van der Waals surface area contributed by atoms with Gasteiger partial charge in [0.05, 0.1) is 10.6 Å². The minimum atomic E-state index is -0.587. The molecular weight excluding hydrogens is 278 g/mol. The van der Waals surface area contributed by atoms with Crippen molar-refractivity contribution >= 4 is 23.5 Å². The first-order chi connectivity index (χ1) is 9.34. The van der Waals surface area contributed by atoms with Crippen molar-refractivity contribution in [1.82, 2.24) is 4.90 Å². The van der Waals surface area contributed by atoms with Crippen molar-refractivity contribution in [2.75, 3.05) is 6.61 Å². The molecule has 0 unspecified atom stereocenters. The quantitative estimate of drug-likeness (QED) is 0.784. The number of carbonyl (C=O) groups excluding carboxylic acids is 2. The Morgan fingerprint density at radius 1 is 1.15 bits per heavy atom. The molecule has 0 saturated carbocycles. The number of hydrogen-bond donors (Lipinski definition) is 0. The van der Waals surface area contributed by atoms with Gasteiger partial charge in [0.25, 0.3) is 5.91 Å². The first-order valence-electron chi connectivity index (χ1n) is 6.57. The molecule has 20 heavy (non-hydrogen) atoms. The number of amides is 1. The average Bonchev–Trinajstić information content (AvgIpc) is 2.35. The summed E-state index contributed by atoms with van der Waals surface area (Å²) in [6.07, 6.45) is 0. The van der Waals surface area contributed by atoms with Crippen LogP contribution < -0.4 is 0 Å². The van der Waals surface area contributed by atoms with E-state index in [1.807, 2.05) is 27.7 Å². The van der Waals surface area contributed by atoms with Crippen LogP contribution in [-0.2, 0) is 9.53 Å². The van der Waals surface area contributed by atoms with E-state index in [0.717, 1.165) is 0 Å². The number of ether oxygens (including phenoxy) is 1. The average molecular weight is 298 g/mol. The van der Waals surface area contributed by atoms with E-state index >= 15 is 0 Å². The van der Waals surface area contributed by atoms with Gasteiger partial charge in [-0.05, 0) is 39.8 Å². The summed E-state index contributed by atoms with van der Waals surface area (Å²) in [4.78, 5) is 25.6. The first-order valence-corrected chi connectivity index (χ1v) is 6.95. The van der Waals surface area contributed by atoms with Crippen molar-refractivity contribution in [1.29, 1.82) is 0 Å². The second kappa shape index (κ2) is 7.29. The van der Waals surface area contributed by atoms with Crippen LogP contribution >= 0.6 is 11.6 Å². The molecule has 0 aliphatic rings. The summed E-state index contributed by atoms with van der Waals surface area (Å²) in [6, 6.07) is 6.71. The summed E-state index contributed by atoms with van der Waals surface area (Å²) < 4.78 is 5.04. The van der Waals surface area contributed by atoms with Gasteiger partial charge in [-0.25, -0.2) is 4.79 Å². The van der Waals surface area contributed by atoms with E-state index in [0.29, 0.717) is 5.02 Å². The Kier molecular flexibility index (Phi) is 6.02. The highest BCUT2D eigenvalue weighted by molar-refractivity contribution is 6.33. The second-order valence-electron chi connectivity index (χ2n) is 5.04. The van der Waals surface area contributed by atoms with Crippen LogP contribution in [0, 0.1) is 0 Å². The number of esters is 1. The zero-order valence-electron chi connectivity index (χ0n) is 12.2. The molecule has 0 N–H and O–H groups in total. The van der Waals surface area contributed by atoms with Gasteiger partial charge in [0.15, 0.2) is 6.61 Å². The third kappa shape index (κ3) is 4.23. The number of carbonyl (C=O) groups is 2. The van der Waals surface area contributed by atoms with Crippen LogP contribution in [0.4, 0.5) is 0 Å². The lowest BCUT2D eigenvalue weighted by Gasteiger charge is -2.30. The number of hydrogen-bond acceptors (Lipinski definition) is 3. The molecule has 1 aromatic carbocycles. The van der Waals surface area contributed by atoms with Gasteiger partial charge < -0.3 is 9.64 Å². The minimum Gasteiger partial charge on any atom is -0.452 e. The van der Waals surface area contributed by atoms with Crippen LogP contribution in [0.15, 0.2) is 24.3 Å². The van der Waals surface area contributed by atoms with Crippen molar-refractivity contribution in [2.45, 2.75) is 39.8 Å². The van der Waals surface area contributed by atoms with E-state index in [-0.39, 0.29) is 30.2 Å². The third-order valence-corrected chi connectivity index (χ3v) is 3.15. The van der Waals surface area contributed by atoms with Crippen LogP contribution in [0.2, 0.25) is 5.02 Å². The van der Waals surface area contributed by atoms with E-state index in [1.54, 1.807) is 29.2 Å². The lowest BCUT2D eigenvalue weighted by atomic mass is 10.2. The molecular formula is C15H20ClNO3. The second-order valence-corrected chi connectivity index (χ2v) is 5.45. The molecule has 5 heteroatoms. The molecule has 0 saturated heterocycles. The molecule has 0 spiro atoms. The fourth-order valence-corrected chi connectivity index (χ4v) is 2.29. The van der Waals surface area contributed by atoms with E-state index in [1.165, 1.54) is 0 Å². The minimum absolute atomic E-state index is 0.0570. The van der Waals surface area contributed by atoms with Gasteiger partial charge in [-0.1, -0.05) is 23.7 Å². The predicted octanol–water partition coefficient (Wildman–Crippen LogP) is 3.14. The Balaban J connectivity index is 2.65. The third-order valence-electron chi connectivity index (χ3n) is 2.82. The molecule has 110 valence electrons. The number of rotatable bonds is 5. The Hall–Kier alpha value is -1.55. The van der Waals surface area contributed by atoms with Gasteiger partial charge in [0, 0.05) is 12.1 Å². The highest BCUT2D eigenvalue weighted by atomic mass is 35.5. The van der Waals surface area contributed by atoms with Crippen LogP contribution in [0.25, 0.3) is 0 Å². The van der Waals surface area contributed by atoms with Gasteiger partial charge >= 0.3 is 5.97 Å². The van der Waals surface area contributed by atoms with Crippen molar-refractivity contribution in [2.24, 2.45) is 0 Å². The van der Waals surface area contributed by atoms with E-state index in [9.17, 15) is 9.59 Å². The molecule has 0 heterocycles. The van der Waals surface area contributed by atoms with Crippen molar-refractivity contribution in [3.63, 3.8) is 0 Å². The van der Waals surface area contributed by atoms with E-state index < -0.39 is 5.97 Å². The Morgan fingerprint density at radius 3 is 2.20 bits per heavy atom. The summed E-state index contributed by atoms with van der Waals surface area (Å²) in [5.74, 6) is -0.799. The molecule has 0 fully saturated rings. The standard InChI is InChI=1S/C15H20ClNO3/c1-10(2)17(11(3)4)14(18)9-20-15(19)12-7-5-6-8-13(12)16/h5-8,10-11H,9H2,1-4H3. The smallest absolute Gasteiger partial charge is 0.340 e. The Labute approximate surface area is 124 Å².